The molecule has 1 atom stereocenters. The van der Waals surface area contributed by atoms with Gasteiger partial charge in [-0.05, 0) is 67.3 Å². The van der Waals surface area contributed by atoms with E-state index in [1.807, 2.05) is 26.0 Å². The highest BCUT2D eigenvalue weighted by Gasteiger charge is 2.38. The standard InChI is InChI=1S/C24H20N4O3.C2HF3O2/c1-13-10-14(2)20-18(11-13)26-22-19(12-15-5-7-16(29)8-6-15)27-23(30)17-4-3-9-25-21(17)28(22)24(20)31;3-2(4,5)1(6)7/h3-11,19,29H,12H2,1-2H3,(H,27,30);(H,6,7). The molecule has 0 fully saturated rings. The number of carboxylic acid groups (broad SMARTS) is 1. The predicted molar refractivity (Wildman–Crippen MR) is 130 cm³/mol. The number of benzene rings is 2. The summed E-state index contributed by atoms with van der Waals surface area (Å²) in [5.41, 5.74) is 3.41. The first-order valence-electron chi connectivity index (χ1n) is 11.2. The first-order chi connectivity index (χ1) is 17.9. The number of amides is 1. The van der Waals surface area contributed by atoms with Gasteiger partial charge >= 0.3 is 12.1 Å². The molecule has 12 heteroatoms. The number of phenols is 1. The van der Waals surface area contributed by atoms with E-state index in [1.165, 1.54) is 4.57 Å². The Kier molecular flexibility index (Phi) is 6.90. The molecule has 3 N–H and O–H groups in total. The number of carboxylic acids is 1. The number of fused-ring (bicyclic) bond motifs is 4. The first-order valence-corrected chi connectivity index (χ1v) is 11.2. The van der Waals surface area contributed by atoms with Crippen LogP contribution in [0, 0.1) is 13.8 Å². The zero-order chi connectivity index (χ0) is 27.8. The zero-order valence-electron chi connectivity index (χ0n) is 20.1. The monoisotopic (exact) mass is 526 g/mol. The zero-order valence-corrected chi connectivity index (χ0v) is 20.1. The van der Waals surface area contributed by atoms with E-state index < -0.39 is 18.2 Å². The van der Waals surface area contributed by atoms with Crippen molar-refractivity contribution in [2.75, 3.05) is 0 Å². The molecule has 2 aromatic carbocycles. The lowest BCUT2D eigenvalue weighted by molar-refractivity contribution is -0.192. The molecule has 0 aliphatic carbocycles. The molecule has 0 saturated heterocycles. The van der Waals surface area contributed by atoms with Crippen molar-refractivity contribution in [3.63, 3.8) is 0 Å². The summed E-state index contributed by atoms with van der Waals surface area (Å²) in [5, 5.41) is 20.3. The van der Waals surface area contributed by atoms with E-state index in [-0.39, 0.29) is 23.0 Å². The normalized spacial score (nSPS) is 14.4. The van der Waals surface area contributed by atoms with Crippen molar-refractivity contribution in [3.05, 3.63) is 93.2 Å². The number of carbonyl (C=O) groups is 2. The number of phenolic OH excluding ortho intramolecular Hbond substituents is 1. The number of aromatic nitrogens is 3. The second-order valence-corrected chi connectivity index (χ2v) is 8.66. The van der Waals surface area contributed by atoms with Gasteiger partial charge in [-0.2, -0.15) is 13.2 Å². The summed E-state index contributed by atoms with van der Waals surface area (Å²) < 4.78 is 33.2. The number of aliphatic carboxylic acids is 1. The molecule has 0 radical (unpaired) electrons. The number of halogens is 3. The van der Waals surface area contributed by atoms with Gasteiger partial charge in [-0.15, -0.1) is 0 Å². The van der Waals surface area contributed by atoms with E-state index in [1.54, 1.807) is 42.6 Å². The van der Waals surface area contributed by atoms with Gasteiger partial charge in [0.1, 0.15) is 11.6 Å². The molecule has 0 saturated carbocycles. The van der Waals surface area contributed by atoms with Gasteiger partial charge in [0.2, 0.25) is 0 Å². The highest BCUT2D eigenvalue weighted by Crippen LogP contribution is 2.27. The minimum Gasteiger partial charge on any atom is -0.508 e. The van der Waals surface area contributed by atoms with Crippen molar-refractivity contribution in [1.82, 2.24) is 19.9 Å². The molecular weight excluding hydrogens is 505 g/mol. The topological polar surface area (TPSA) is 134 Å². The molecule has 9 nitrogen and oxygen atoms in total. The van der Waals surface area contributed by atoms with E-state index in [0.717, 1.165) is 16.7 Å². The second-order valence-electron chi connectivity index (χ2n) is 8.66. The Labute approximate surface area is 213 Å². The third-order valence-corrected chi connectivity index (χ3v) is 5.82. The predicted octanol–water partition coefficient (Wildman–Crippen LogP) is 3.76. The van der Waals surface area contributed by atoms with E-state index in [9.17, 15) is 27.9 Å². The number of nitrogens with one attached hydrogen (secondary N) is 1. The van der Waals surface area contributed by atoms with Gasteiger partial charge in [0.25, 0.3) is 11.5 Å². The molecule has 0 spiro atoms. The van der Waals surface area contributed by atoms with Crippen molar-refractivity contribution in [1.29, 1.82) is 0 Å². The fourth-order valence-electron chi connectivity index (χ4n) is 4.20. The van der Waals surface area contributed by atoms with Gasteiger partial charge in [-0.25, -0.2) is 19.3 Å². The van der Waals surface area contributed by atoms with Crippen LogP contribution in [0.5, 0.6) is 5.75 Å². The Hall–Kier alpha value is -4.74. The minimum atomic E-state index is -5.08. The number of rotatable bonds is 2. The Morgan fingerprint density at radius 3 is 2.39 bits per heavy atom. The van der Waals surface area contributed by atoms with Gasteiger partial charge < -0.3 is 15.5 Å². The number of alkyl halides is 3. The van der Waals surface area contributed by atoms with Crippen molar-refractivity contribution < 1.29 is 33.0 Å². The van der Waals surface area contributed by atoms with Crippen LogP contribution in [0.4, 0.5) is 13.2 Å². The molecular formula is C26H21F3N4O5. The molecule has 1 aliphatic heterocycles. The molecule has 5 rings (SSSR count). The maximum Gasteiger partial charge on any atom is 0.490 e. The largest absolute Gasteiger partial charge is 0.508 e. The lowest BCUT2D eigenvalue weighted by atomic mass is 10.0. The van der Waals surface area contributed by atoms with Crippen LogP contribution < -0.4 is 10.9 Å². The molecule has 0 bridgehead atoms. The molecule has 1 amide bonds. The molecule has 38 heavy (non-hydrogen) atoms. The summed E-state index contributed by atoms with van der Waals surface area (Å²) in [6.07, 6.45) is -3.11. The first kappa shape index (κ1) is 26.3. The van der Waals surface area contributed by atoms with Crippen molar-refractivity contribution in [2.45, 2.75) is 32.5 Å². The van der Waals surface area contributed by atoms with E-state index in [2.05, 4.69) is 10.3 Å². The fourth-order valence-corrected chi connectivity index (χ4v) is 4.20. The van der Waals surface area contributed by atoms with E-state index in [4.69, 9.17) is 14.9 Å². The Bertz CT molecular complexity index is 1610. The molecule has 1 unspecified atom stereocenters. The lowest BCUT2D eigenvalue weighted by Crippen LogP contribution is -2.32. The fraction of sp³-hybridized carbons (Fsp3) is 0.192. The maximum atomic E-state index is 13.7. The summed E-state index contributed by atoms with van der Waals surface area (Å²) >= 11 is 0. The Morgan fingerprint density at radius 2 is 1.76 bits per heavy atom. The molecule has 4 aromatic rings. The number of hydrogen-bond donors (Lipinski definition) is 3. The van der Waals surface area contributed by atoms with Gasteiger partial charge in [0, 0.05) is 6.20 Å². The summed E-state index contributed by atoms with van der Waals surface area (Å²) in [6.45, 7) is 3.85. The summed E-state index contributed by atoms with van der Waals surface area (Å²) in [7, 11) is 0. The highest BCUT2D eigenvalue weighted by molar-refractivity contribution is 5.98. The Morgan fingerprint density at radius 1 is 1.11 bits per heavy atom. The highest BCUT2D eigenvalue weighted by atomic mass is 19.4. The number of aryl methyl sites for hydroxylation is 2. The van der Waals surface area contributed by atoms with Crippen LogP contribution in [0.1, 0.15) is 38.9 Å². The van der Waals surface area contributed by atoms with Gasteiger partial charge in [0.15, 0.2) is 5.82 Å². The quantitative estimate of drug-likeness (QED) is 0.362. The van der Waals surface area contributed by atoms with Crippen LogP contribution in [-0.4, -0.2) is 42.8 Å². The summed E-state index contributed by atoms with van der Waals surface area (Å²) in [4.78, 5) is 44.8. The Balaban J connectivity index is 0.000000426. The van der Waals surface area contributed by atoms with Crippen LogP contribution >= 0.6 is 0 Å². The summed E-state index contributed by atoms with van der Waals surface area (Å²) in [5.74, 6) is -2.19. The van der Waals surface area contributed by atoms with Crippen LogP contribution in [0.25, 0.3) is 16.7 Å². The molecule has 2 aromatic heterocycles. The summed E-state index contributed by atoms with van der Waals surface area (Å²) in [6, 6.07) is 13.4. The average molecular weight is 526 g/mol. The SMILES string of the molecule is Cc1cc(C)c2c(=O)n3c(nc2c1)C(Cc1ccc(O)cc1)NC(=O)c1cccnc1-3.O=C(O)C(F)(F)F. The van der Waals surface area contributed by atoms with Crippen LogP contribution in [0.3, 0.4) is 0 Å². The van der Waals surface area contributed by atoms with Crippen LogP contribution in [-0.2, 0) is 11.2 Å². The van der Waals surface area contributed by atoms with Crippen molar-refractivity contribution >= 4 is 22.8 Å². The maximum absolute atomic E-state index is 13.7. The second kappa shape index (κ2) is 9.96. The van der Waals surface area contributed by atoms with E-state index in [0.29, 0.717) is 28.7 Å². The number of aromatic hydroxyl groups is 1. The van der Waals surface area contributed by atoms with E-state index >= 15 is 0 Å². The van der Waals surface area contributed by atoms with Crippen LogP contribution in [0.2, 0.25) is 0 Å². The van der Waals surface area contributed by atoms with Gasteiger partial charge in [0.05, 0.1) is 22.5 Å². The average Bonchev–Trinajstić information content (AvgIpc) is 2.95. The lowest BCUT2D eigenvalue weighted by Gasteiger charge is -2.19. The molecule has 3 heterocycles. The number of nitrogens with zero attached hydrogens (tertiary/aromatic N) is 3. The third-order valence-electron chi connectivity index (χ3n) is 5.82. The van der Waals surface area contributed by atoms with Crippen molar-refractivity contribution in [3.8, 4) is 11.6 Å². The number of pyridine rings is 1. The minimum absolute atomic E-state index is 0.164. The third kappa shape index (κ3) is 5.19. The number of carbonyl (C=O) groups excluding carboxylic acids is 1. The van der Waals surface area contributed by atoms with Crippen molar-refractivity contribution in [2.24, 2.45) is 0 Å². The van der Waals surface area contributed by atoms with Crippen LogP contribution in [0.15, 0.2) is 59.5 Å². The molecule has 196 valence electrons. The smallest absolute Gasteiger partial charge is 0.490 e. The van der Waals surface area contributed by atoms with Gasteiger partial charge in [-0.1, -0.05) is 18.2 Å². The van der Waals surface area contributed by atoms with Gasteiger partial charge in [-0.3, -0.25) is 9.59 Å². The number of hydrogen-bond acceptors (Lipinski definition) is 6. The molecule has 1 aliphatic rings.